The third kappa shape index (κ3) is 4.65. The van der Waals surface area contributed by atoms with Crippen molar-refractivity contribution in [3.63, 3.8) is 0 Å². The summed E-state index contributed by atoms with van der Waals surface area (Å²) in [5, 5.41) is 0. The van der Waals surface area contributed by atoms with Gasteiger partial charge in [0.05, 0.1) is 0 Å². The molecule has 2 rings (SSSR count). The number of aryl methyl sites for hydroxylation is 1. The van der Waals surface area contributed by atoms with E-state index in [1.807, 2.05) is 36.1 Å². The predicted octanol–water partition coefficient (Wildman–Crippen LogP) is 4.87. The molecular weight excluding hydrogens is 304 g/mol. The maximum absolute atomic E-state index is 14.0. The zero-order chi connectivity index (χ0) is 14.7. The van der Waals surface area contributed by atoms with Crippen molar-refractivity contribution in [3.8, 4) is 0 Å². The van der Waals surface area contributed by atoms with Crippen LogP contribution in [0.15, 0.2) is 36.4 Å². The first-order valence-electron chi connectivity index (χ1n) is 6.69. The molecule has 0 bridgehead atoms. The van der Waals surface area contributed by atoms with Crippen LogP contribution in [0, 0.1) is 30.5 Å². The van der Waals surface area contributed by atoms with Crippen LogP contribution < -0.4 is 4.90 Å². The standard InChI is InChI=1S/C17H18F2N.Ti/c1-12(2)11-20(15-7-4-13(3)5-8-15)17-9-6-14(18)10-16(17)19;/h4-9,12H,11H2,1-3H3;/q-1;. The zero-order valence-electron chi connectivity index (χ0n) is 12.5. The Bertz CT molecular complexity index is 582. The van der Waals surface area contributed by atoms with Gasteiger partial charge in [0, 0.05) is 45.6 Å². The Kier molecular flexibility index (Phi) is 6.57. The summed E-state index contributed by atoms with van der Waals surface area (Å²) in [4.78, 5) is 1.86. The van der Waals surface area contributed by atoms with E-state index in [-0.39, 0.29) is 21.7 Å². The van der Waals surface area contributed by atoms with Crippen molar-refractivity contribution in [3.05, 3.63) is 59.7 Å². The number of benzene rings is 2. The minimum Gasteiger partial charge on any atom is -0.392 e. The molecule has 0 saturated heterocycles. The topological polar surface area (TPSA) is 3.24 Å². The molecule has 0 atom stereocenters. The van der Waals surface area contributed by atoms with E-state index < -0.39 is 11.6 Å². The molecule has 0 N–H and O–H groups in total. The van der Waals surface area contributed by atoms with E-state index in [1.54, 1.807) is 0 Å². The molecule has 0 aromatic heterocycles. The second kappa shape index (κ2) is 7.72. The number of nitrogens with zero attached hydrogens (tertiary/aromatic N) is 1. The van der Waals surface area contributed by atoms with Crippen LogP contribution >= 0.6 is 0 Å². The average Bonchev–Trinajstić information content (AvgIpc) is 2.37. The summed E-state index contributed by atoms with van der Waals surface area (Å²) in [6.45, 7) is 6.78. The van der Waals surface area contributed by atoms with E-state index in [2.05, 4.69) is 19.9 Å². The van der Waals surface area contributed by atoms with Crippen molar-refractivity contribution >= 4 is 11.4 Å². The minimum atomic E-state index is -0.681. The van der Waals surface area contributed by atoms with E-state index in [4.69, 9.17) is 0 Å². The summed E-state index contributed by atoms with van der Waals surface area (Å²) in [5.41, 5.74) is 2.39. The molecular formula is C17H18F2NTi-. The van der Waals surface area contributed by atoms with E-state index in [9.17, 15) is 8.78 Å². The average molecular weight is 322 g/mol. The van der Waals surface area contributed by atoms with Crippen LogP contribution in [0.2, 0.25) is 0 Å². The summed E-state index contributed by atoms with van der Waals surface area (Å²) in [6.07, 6.45) is 0. The molecule has 2 aromatic carbocycles. The van der Waals surface area contributed by atoms with Crippen LogP contribution in [0.1, 0.15) is 19.4 Å². The maximum atomic E-state index is 14.0. The second-order valence-corrected chi connectivity index (χ2v) is 5.35. The summed E-state index contributed by atoms with van der Waals surface area (Å²) < 4.78 is 27.0. The molecule has 2 aromatic rings. The fraction of sp³-hybridized carbons (Fsp3) is 0.294. The Hall–Kier alpha value is -1.19. The Labute approximate surface area is 139 Å². The summed E-state index contributed by atoms with van der Waals surface area (Å²) in [6, 6.07) is 12.6. The van der Waals surface area contributed by atoms with Crippen LogP contribution in [0.4, 0.5) is 20.2 Å². The summed E-state index contributed by atoms with van der Waals surface area (Å²) >= 11 is 0. The molecule has 1 nitrogen and oxygen atoms in total. The SMILES string of the molecule is Cc1ccc(N(CC(C)C)c2ccc(F)[c-]c2F)cc1.[Ti]. The third-order valence-corrected chi connectivity index (χ3v) is 3.03. The van der Waals surface area contributed by atoms with Crippen molar-refractivity contribution in [2.24, 2.45) is 5.92 Å². The van der Waals surface area contributed by atoms with Crippen LogP contribution in [0.25, 0.3) is 0 Å². The van der Waals surface area contributed by atoms with Gasteiger partial charge in [-0.25, -0.2) is 8.78 Å². The van der Waals surface area contributed by atoms with Crippen molar-refractivity contribution in [1.82, 2.24) is 0 Å². The molecule has 0 unspecified atom stereocenters. The molecule has 110 valence electrons. The van der Waals surface area contributed by atoms with Gasteiger partial charge in [-0.05, 0) is 30.7 Å². The number of rotatable bonds is 4. The number of hydrogen-bond donors (Lipinski definition) is 0. The monoisotopic (exact) mass is 322 g/mol. The molecule has 21 heavy (non-hydrogen) atoms. The fourth-order valence-electron chi connectivity index (χ4n) is 2.08. The van der Waals surface area contributed by atoms with Crippen LogP contribution in [0.5, 0.6) is 0 Å². The van der Waals surface area contributed by atoms with E-state index in [0.717, 1.165) is 11.3 Å². The maximum Gasteiger partial charge on any atom is 0.0365 e. The smallest absolute Gasteiger partial charge is 0.0365 e. The van der Waals surface area contributed by atoms with Gasteiger partial charge in [0.1, 0.15) is 0 Å². The first-order valence-corrected chi connectivity index (χ1v) is 6.69. The van der Waals surface area contributed by atoms with Gasteiger partial charge in [0.2, 0.25) is 0 Å². The molecule has 4 heteroatoms. The Morgan fingerprint density at radius 1 is 1.05 bits per heavy atom. The Balaban J connectivity index is 0.00000220. The summed E-state index contributed by atoms with van der Waals surface area (Å²) in [5.74, 6) is -0.994. The van der Waals surface area contributed by atoms with Gasteiger partial charge >= 0.3 is 0 Å². The van der Waals surface area contributed by atoms with E-state index >= 15 is 0 Å². The first-order chi connectivity index (χ1) is 9.47. The molecule has 0 heterocycles. The Morgan fingerprint density at radius 3 is 2.19 bits per heavy atom. The zero-order valence-corrected chi connectivity index (χ0v) is 14.0. The van der Waals surface area contributed by atoms with Gasteiger partial charge in [-0.15, -0.1) is 18.2 Å². The van der Waals surface area contributed by atoms with Gasteiger partial charge in [-0.3, -0.25) is 0 Å². The molecule has 0 fully saturated rings. The van der Waals surface area contributed by atoms with E-state index in [0.29, 0.717) is 18.2 Å². The van der Waals surface area contributed by atoms with Gasteiger partial charge in [0.15, 0.2) is 0 Å². The number of anilines is 2. The molecule has 0 amide bonds. The van der Waals surface area contributed by atoms with Gasteiger partial charge in [-0.2, -0.15) is 0 Å². The Morgan fingerprint density at radius 2 is 1.67 bits per heavy atom. The minimum absolute atomic E-state index is 0. The van der Waals surface area contributed by atoms with Gasteiger partial charge in [-0.1, -0.05) is 31.5 Å². The molecule has 0 aliphatic rings. The van der Waals surface area contributed by atoms with Crippen molar-refractivity contribution < 1.29 is 30.5 Å². The molecule has 0 spiro atoms. The molecule has 0 saturated carbocycles. The van der Waals surface area contributed by atoms with Crippen molar-refractivity contribution in [2.45, 2.75) is 20.8 Å². The van der Waals surface area contributed by atoms with Crippen molar-refractivity contribution in [1.29, 1.82) is 0 Å². The predicted molar refractivity (Wildman–Crippen MR) is 78.2 cm³/mol. The fourth-order valence-corrected chi connectivity index (χ4v) is 2.08. The molecule has 0 radical (unpaired) electrons. The van der Waals surface area contributed by atoms with Gasteiger partial charge in [0.25, 0.3) is 0 Å². The van der Waals surface area contributed by atoms with E-state index in [1.165, 1.54) is 12.1 Å². The van der Waals surface area contributed by atoms with Crippen molar-refractivity contribution in [2.75, 3.05) is 11.4 Å². The molecule has 0 aliphatic heterocycles. The second-order valence-electron chi connectivity index (χ2n) is 5.35. The van der Waals surface area contributed by atoms with Crippen LogP contribution in [-0.2, 0) is 21.7 Å². The normalized spacial score (nSPS) is 10.4. The number of hydrogen-bond acceptors (Lipinski definition) is 1. The largest absolute Gasteiger partial charge is 0.392 e. The quantitative estimate of drug-likeness (QED) is 0.574. The van der Waals surface area contributed by atoms with Crippen LogP contribution in [0.3, 0.4) is 0 Å². The summed E-state index contributed by atoms with van der Waals surface area (Å²) in [7, 11) is 0. The van der Waals surface area contributed by atoms with Gasteiger partial charge < -0.3 is 4.90 Å². The van der Waals surface area contributed by atoms with Crippen LogP contribution in [-0.4, -0.2) is 6.54 Å². The molecule has 0 aliphatic carbocycles. The first kappa shape index (κ1) is 17.9. The third-order valence-electron chi connectivity index (χ3n) is 3.03. The number of halogens is 2.